The average Bonchev–Trinajstić information content (AvgIpc) is 3.04. The van der Waals surface area contributed by atoms with Crippen LogP contribution in [0.15, 0.2) is 23.2 Å². The van der Waals surface area contributed by atoms with Crippen LogP contribution in [0.3, 0.4) is 0 Å². The van der Waals surface area contributed by atoms with Crippen LogP contribution in [0.5, 0.6) is 5.75 Å². The van der Waals surface area contributed by atoms with Gasteiger partial charge in [-0.05, 0) is 43.6 Å². The highest BCUT2D eigenvalue weighted by atomic mass is 127. The highest BCUT2D eigenvalue weighted by Crippen LogP contribution is 2.34. The minimum atomic E-state index is -4.47. The number of hydrogen-bond acceptors (Lipinski definition) is 3. The van der Waals surface area contributed by atoms with Gasteiger partial charge in [-0.2, -0.15) is 13.2 Å². The lowest BCUT2D eigenvalue weighted by molar-refractivity contribution is -0.138. The number of halogens is 4. The second kappa shape index (κ2) is 10.2. The Hall–Kier alpha value is -1.23. The zero-order valence-electron chi connectivity index (χ0n) is 15.0. The lowest BCUT2D eigenvalue weighted by Crippen LogP contribution is -2.42. The SMILES string of the molecule is CCN1CCCC1CNC(N)=NCc1ccc(OC)cc1C(F)(F)F.I. The molecule has 3 N–H and O–H groups in total. The Bertz CT molecular complexity index is 610. The van der Waals surface area contributed by atoms with Crippen LogP contribution < -0.4 is 15.8 Å². The number of likely N-dealkylation sites (tertiary alicyclic amines) is 1. The first-order valence-corrected chi connectivity index (χ1v) is 8.37. The fourth-order valence-electron chi connectivity index (χ4n) is 3.08. The van der Waals surface area contributed by atoms with Crippen LogP contribution >= 0.6 is 24.0 Å². The fraction of sp³-hybridized carbons (Fsp3) is 0.588. The molecule has 1 saturated heterocycles. The number of nitrogens with zero attached hydrogens (tertiary/aromatic N) is 2. The Balaban J connectivity index is 0.00000338. The Kier molecular flexibility index (Phi) is 8.94. The van der Waals surface area contributed by atoms with Crippen molar-refractivity contribution in [2.75, 3.05) is 26.7 Å². The highest BCUT2D eigenvalue weighted by molar-refractivity contribution is 14.0. The molecule has 0 amide bonds. The molecule has 1 heterocycles. The van der Waals surface area contributed by atoms with Crippen molar-refractivity contribution in [3.05, 3.63) is 29.3 Å². The number of benzene rings is 1. The molecule has 0 bridgehead atoms. The molecule has 0 saturated carbocycles. The molecule has 26 heavy (non-hydrogen) atoms. The molecule has 0 aromatic heterocycles. The van der Waals surface area contributed by atoms with Gasteiger partial charge in [0, 0.05) is 12.6 Å². The Morgan fingerprint density at radius 2 is 2.15 bits per heavy atom. The average molecular weight is 486 g/mol. The first kappa shape index (κ1) is 22.8. The number of rotatable bonds is 6. The van der Waals surface area contributed by atoms with Crippen molar-refractivity contribution in [1.82, 2.24) is 10.2 Å². The van der Waals surface area contributed by atoms with Crippen LogP contribution in [0.4, 0.5) is 13.2 Å². The fourth-order valence-corrected chi connectivity index (χ4v) is 3.08. The van der Waals surface area contributed by atoms with E-state index in [4.69, 9.17) is 10.5 Å². The van der Waals surface area contributed by atoms with E-state index in [1.165, 1.54) is 19.2 Å². The van der Waals surface area contributed by atoms with E-state index in [0.717, 1.165) is 32.0 Å². The molecule has 1 unspecified atom stereocenters. The monoisotopic (exact) mass is 486 g/mol. The topological polar surface area (TPSA) is 62.9 Å². The lowest BCUT2D eigenvalue weighted by Gasteiger charge is -2.23. The van der Waals surface area contributed by atoms with Gasteiger partial charge in [0.2, 0.25) is 0 Å². The zero-order chi connectivity index (χ0) is 18.4. The maximum Gasteiger partial charge on any atom is 0.416 e. The van der Waals surface area contributed by atoms with Crippen LogP contribution in [-0.2, 0) is 12.7 Å². The molecule has 1 aliphatic heterocycles. The van der Waals surface area contributed by atoms with Gasteiger partial charge in [0.15, 0.2) is 5.96 Å². The number of likely N-dealkylation sites (N-methyl/N-ethyl adjacent to an activating group) is 1. The summed E-state index contributed by atoms with van der Waals surface area (Å²) in [6, 6.07) is 4.23. The van der Waals surface area contributed by atoms with Crippen molar-refractivity contribution < 1.29 is 17.9 Å². The summed E-state index contributed by atoms with van der Waals surface area (Å²) in [6.07, 6.45) is -2.23. The third-order valence-corrected chi connectivity index (χ3v) is 4.47. The van der Waals surface area contributed by atoms with Crippen molar-refractivity contribution in [3.63, 3.8) is 0 Å². The molecular weight excluding hydrogens is 460 g/mol. The summed E-state index contributed by atoms with van der Waals surface area (Å²) in [5, 5.41) is 3.02. The van der Waals surface area contributed by atoms with E-state index in [1.54, 1.807) is 0 Å². The van der Waals surface area contributed by atoms with Gasteiger partial charge in [0.05, 0.1) is 19.2 Å². The second-order valence-corrected chi connectivity index (χ2v) is 6.03. The molecule has 0 spiro atoms. The standard InChI is InChI=1S/C17H25F3N4O.HI/c1-3-24-8-4-5-13(24)11-23-16(21)22-10-12-6-7-14(25-2)9-15(12)17(18,19)20;/h6-7,9,13H,3-5,8,10-11H2,1-2H3,(H3,21,22,23);1H. The third kappa shape index (κ3) is 6.19. The number of aliphatic imine (C=N–C) groups is 1. The van der Waals surface area contributed by atoms with Crippen molar-refractivity contribution in [2.24, 2.45) is 10.7 Å². The smallest absolute Gasteiger partial charge is 0.416 e. The van der Waals surface area contributed by atoms with Crippen LogP contribution in [0.1, 0.15) is 30.9 Å². The van der Waals surface area contributed by atoms with E-state index >= 15 is 0 Å². The predicted molar refractivity (Wildman–Crippen MR) is 107 cm³/mol. The second-order valence-electron chi connectivity index (χ2n) is 6.03. The molecule has 2 rings (SSSR count). The molecule has 1 aliphatic rings. The number of nitrogens with two attached hydrogens (primary N) is 1. The molecule has 0 radical (unpaired) electrons. The van der Waals surface area contributed by atoms with Crippen LogP contribution in [0.2, 0.25) is 0 Å². The van der Waals surface area contributed by atoms with Gasteiger partial charge in [-0.15, -0.1) is 24.0 Å². The van der Waals surface area contributed by atoms with E-state index in [2.05, 4.69) is 22.1 Å². The largest absolute Gasteiger partial charge is 0.497 e. The Morgan fingerprint density at radius 1 is 1.42 bits per heavy atom. The molecular formula is C17H26F3IN4O. The number of ether oxygens (including phenoxy) is 1. The van der Waals surface area contributed by atoms with E-state index in [1.807, 2.05) is 0 Å². The molecule has 0 aliphatic carbocycles. The van der Waals surface area contributed by atoms with E-state index < -0.39 is 11.7 Å². The minimum absolute atomic E-state index is 0. The van der Waals surface area contributed by atoms with Crippen LogP contribution in [0.25, 0.3) is 0 Å². The van der Waals surface area contributed by atoms with E-state index in [9.17, 15) is 13.2 Å². The lowest BCUT2D eigenvalue weighted by atomic mass is 10.1. The Morgan fingerprint density at radius 3 is 2.77 bits per heavy atom. The van der Waals surface area contributed by atoms with E-state index in [0.29, 0.717) is 12.6 Å². The molecule has 148 valence electrons. The van der Waals surface area contributed by atoms with Gasteiger partial charge in [-0.1, -0.05) is 13.0 Å². The summed E-state index contributed by atoms with van der Waals surface area (Å²) < 4.78 is 44.4. The maximum atomic E-state index is 13.2. The minimum Gasteiger partial charge on any atom is -0.497 e. The summed E-state index contributed by atoms with van der Waals surface area (Å²) in [5.74, 6) is 0.318. The summed E-state index contributed by atoms with van der Waals surface area (Å²) in [6.45, 7) is 4.67. The van der Waals surface area contributed by atoms with Gasteiger partial charge >= 0.3 is 6.18 Å². The number of methoxy groups -OCH3 is 1. The van der Waals surface area contributed by atoms with Gasteiger partial charge in [-0.25, -0.2) is 4.99 Å². The quantitative estimate of drug-likeness (QED) is 0.369. The van der Waals surface area contributed by atoms with Crippen LogP contribution in [0, 0.1) is 0 Å². The van der Waals surface area contributed by atoms with Crippen molar-refractivity contribution in [2.45, 2.75) is 38.5 Å². The highest BCUT2D eigenvalue weighted by Gasteiger charge is 2.33. The molecule has 9 heteroatoms. The van der Waals surface area contributed by atoms with Gasteiger partial charge in [0.25, 0.3) is 0 Å². The molecule has 1 fully saturated rings. The number of nitrogens with one attached hydrogen (secondary N) is 1. The number of hydrogen-bond donors (Lipinski definition) is 2. The Labute approximate surface area is 169 Å². The molecule has 1 atom stereocenters. The van der Waals surface area contributed by atoms with Crippen molar-refractivity contribution >= 4 is 29.9 Å². The molecule has 5 nitrogen and oxygen atoms in total. The first-order valence-electron chi connectivity index (χ1n) is 8.37. The predicted octanol–water partition coefficient (Wildman–Crippen LogP) is 3.22. The van der Waals surface area contributed by atoms with Crippen molar-refractivity contribution in [1.29, 1.82) is 0 Å². The molecule has 1 aromatic carbocycles. The van der Waals surface area contributed by atoms with Gasteiger partial charge < -0.3 is 15.8 Å². The molecule has 1 aromatic rings. The third-order valence-electron chi connectivity index (χ3n) is 4.47. The summed E-state index contributed by atoms with van der Waals surface area (Å²) in [7, 11) is 1.33. The summed E-state index contributed by atoms with van der Waals surface area (Å²) >= 11 is 0. The first-order chi connectivity index (χ1) is 11.8. The van der Waals surface area contributed by atoms with Crippen molar-refractivity contribution in [3.8, 4) is 5.75 Å². The maximum absolute atomic E-state index is 13.2. The zero-order valence-corrected chi connectivity index (χ0v) is 17.3. The summed E-state index contributed by atoms with van der Waals surface area (Å²) in [5.41, 5.74) is 5.13. The summed E-state index contributed by atoms with van der Waals surface area (Å²) in [4.78, 5) is 6.41. The van der Waals surface area contributed by atoms with Gasteiger partial charge in [-0.3, -0.25) is 4.90 Å². The van der Waals surface area contributed by atoms with E-state index in [-0.39, 0.29) is 47.8 Å². The van der Waals surface area contributed by atoms with Crippen LogP contribution in [-0.4, -0.2) is 43.6 Å². The van der Waals surface area contributed by atoms with Gasteiger partial charge in [0.1, 0.15) is 5.75 Å². The number of guanidine groups is 1. The normalized spacial score (nSPS) is 18.5. The number of alkyl halides is 3.